The third-order valence-corrected chi connectivity index (χ3v) is 4.55. The quantitative estimate of drug-likeness (QED) is 0.892. The second kappa shape index (κ2) is 4.89. The Morgan fingerprint density at radius 1 is 1.37 bits per heavy atom. The Morgan fingerprint density at radius 3 is 2.79 bits per heavy atom. The van der Waals surface area contributed by atoms with E-state index in [1.54, 1.807) is 4.68 Å². The molecule has 0 amide bonds. The number of hydrogen-bond acceptors (Lipinski definition) is 3. The van der Waals surface area contributed by atoms with Crippen LogP contribution in [0.4, 0.5) is 0 Å². The molecular formula is C14H17BrN2O2. The molecule has 0 atom stereocenters. The number of fused-ring (bicyclic) bond motifs is 1. The second-order valence-electron chi connectivity index (χ2n) is 5.39. The van der Waals surface area contributed by atoms with Gasteiger partial charge in [-0.25, -0.2) is 4.68 Å². The zero-order valence-corrected chi connectivity index (χ0v) is 12.2. The van der Waals surface area contributed by atoms with Gasteiger partial charge in [-0.15, -0.1) is 0 Å². The van der Waals surface area contributed by atoms with Crippen LogP contribution in [0.5, 0.6) is 0 Å². The summed E-state index contributed by atoms with van der Waals surface area (Å²) in [5, 5.41) is 25.4. The number of halogens is 1. The molecule has 0 unspecified atom stereocenters. The molecule has 1 saturated carbocycles. The summed E-state index contributed by atoms with van der Waals surface area (Å²) in [6, 6.07) is 5.90. The Bertz CT molecular complexity index is 588. The minimum absolute atomic E-state index is 0.212. The van der Waals surface area contributed by atoms with Gasteiger partial charge in [-0.3, -0.25) is 0 Å². The highest BCUT2D eigenvalue weighted by Crippen LogP contribution is 2.36. The largest absolute Gasteiger partial charge is 0.396 e. The Labute approximate surface area is 120 Å². The highest BCUT2D eigenvalue weighted by atomic mass is 79.9. The first-order valence-electron chi connectivity index (χ1n) is 6.59. The molecule has 102 valence electrons. The number of hydrogen-bond donors (Lipinski definition) is 2. The van der Waals surface area contributed by atoms with Gasteiger partial charge in [-0.2, -0.15) is 5.10 Å². The van der Waals surface area contributed by atoms with Crippen LogP contribution in [0.2, 0.25) is 0 Å². The zero-order chi connectivity index (χ0) is 13.5. The van der Waals surface area contributed by atoms with Crippen molar-refractivity contribution in [2.75, 3.05) is 6.61 Å². The average molecular weight is 325 g/mol. The van der Waals surface area contributed by atoms with Crippen molar-refractivity contribution in [3.05, 3.63) is 28.9 Å². The number of rotatable bonds is 2. The van der Waals surface area contributed by atoms with Gasteiger partial charge < -0.3 is 10.2 Å². The van der Waals surface area contributed by atoms with Gasteiger partial charge in [0.25, 0.3) is 0 Å². The summed E-state index contributed by atoms with van der Waals surface area (Å²) in [7, 11) is 0. The van der Waals surface area contributed by atoms with E-state index in [1.807, 2.05) is 24.4 Å². The Morgan fingerprint density at radius 2 is 2.11 bits per heavy atom. The molecule has 0 spiro atoms. The molecule has 1 aromatic heterocycles. The molecule has 0 bridgehead atoms. The molecule has 3 rings (SSSR count). The minimum Gasteiger partial charge on any atom is -0.396 e. The molecule has 1 heterocycles. The van der Waals surface area contributed by atoms with Crippen molar-refractivity contribution >= 4 is 26.8 Å². The Kier molecular flexibility index (Phi) is 3.37. The van der Waals surface area contributed by atoms with Crippen molar-refractivity contribution in [1.82, 2.24) is 9.78 Å². The maximum atomic E-state index is 10.7. The van der Waals surface area contributed by atoms with E-state index in [9.17, 15) is 5.11 Å². The van der Waals surface area contributed by atoms with Crippen LogP contribution in [-0.4, -0.2) is 26.6 Å². The fourth-order valence-corrected chi connectivity index (χ4v) is 3.14. The minimum atomic E-state index is -0.906. The van der Waals surface area contributed by atoms with Gasteiger partial charge in [0.05, 0.1) is 5.52 Å². The van der Waals surface area contributed by atoms with E-state index >= 15 is 0 Å². The Balaban J connectivity index is 1.91. The maximum absolute atomic E-state index is 10.7. The third-order valence-electron chi connectivity index (χ3n) is 4.06. The van der Waals surface area contributed by atoms with Gasteiger partial charge in [0.15, 0.2) is 5.72 Å². The van der Waals surface area contributed by atoms with E-state index in [1.165, 1.54) is 0 Å². The summed E-state index contributed by atoms with van der Waals surface area (Å²) in [5.74, 6) is 0.319. The van der Waals surface area contributed by atoms with Crippen LogP contribution in [0.15, 0.2) is 28.9 Å². The second-order valence-corrected chi connectivity index (χ2v) is 6.30. The first-order valence-corrected chi connectivity index (χ1v) is 7.39. The number of nitrogens with zero attached hydrogens (tertiary/aromatic N) is 2. The fraction of sp³-hybridized carbons (Fsp3) is 0.500. The van der Waals surface area contributed by atoms with Crippen LogP contribution in [-0.2, 0) is 5.72 Å². The standard InChI is InChI=1S/C14H17BrN2O2/c15-12-1-2-13-11(7-12)8-17(16-13)14(19)5-3-10(9-18)4-6-14/h1-2,7-8,10,18-19H,3-6,9H2. The van der Waals surface area contributed by atoms with Crippen LogP contribution >= 0.6 is 15.9 Å². The molecule has 2 aromatic rings. The molecule has 5 heteroatoms. The van der Waals surface area contributed by atoms with Crippen LogP contribution in [0.1, 0.15) is 25.7 Å². The lowest BCUT2D eigenvalue weighted by Crippen LogP contribution is -2.38. The number of aliphatic hydroxyl groups is 2. The SMILES string of the molecule is OCC1CCC(O)(n2cc3cc(Br)ccc3n2)CC1. The lowest BCUT2D eigenvalue weighted by atomic mass is 9.84. The van der Waals surface area contributed by atoms with Crippen molar-refractivity contribution in [3.8, 4) is 0 Å². The summed E-state index contributed by atoms with van der Waals surface area (Å²) >= 11 is 3.44. The van der Waals surface area contributed by atoms with Crippen molar-refractivity contribution in [1.29, 1.82) is 0 Å². The van der Waals surface area contributed by atoms with E-state index in [2.05, 4.69) is 21.0 Å². The first kappa shape index (κ1) is 13.1. The average Bonchev–Trinajstić information content (AvgIpc) is 2.83. The lowest BCUT2D eigenvalue weighted by molar-refractivity contribution is -0.0923. The topological polar surface area (TPSA) is 58.3 Å². The number of aromatic nitrogens is 2. The molecular weight excluding hydrogens is 308 g/mol. The molecule has 4 nitrogen and oxygen atoms in total. The summed E-state index contributed by atoms with van der Waals surface area (Å²) < 4.78 is 2.70. The van der Waals surface area contributed by atoms with Crippen LogP contribution in [0.3, 0.4) is 0 Å². The van der Waals surface area contributed by atoms with E-state index in [0.717, 1.165) is 28.2 Å². The van der Waals surface area contributed by atoms with Crippen molar-refractivity contribution in [2.45, 2.75) is 31.4 Å². The highest BCUT2D eigenvalue weighted by Gasteiger charge is 2.35. The number of aliphatic hydroxyl groups excluding tert-OH is 1. The summed E-state index contributed by atoms with van der Waals surface area (Å²) in [6.07, 6.45) is 4.87. The van der Waals surface area contributed by atoms with Crippen LogP contribution in [0.25, 0.3) is 10.9 Å². The van der Waals surface area contributed by atoms with Crippen molar-refractivity contribution < 1.29 is 10.2 Å². The molecule has 1 fully saturated rings. The van der Waals surface area contributed by atoms with Gasteiger partial charge >= 0.3 is 0 Å². The predicted molar refractivity (Wildman–Crippen MR) is 76.7 cm³/mol. The molecule has 0 saturated heterocycles. The summed E-state index contributed by atoms with van der Waals surface area (Å²) in [5.41, 5.74) is -0.0159. The monoisotopic (exact) mass is 324 g/mol. The maximum Gasteiger partial charge on any atom is 0.157 e. The smallest absolute Gasteiger partial charge is 0.157 e. The molecule has 2 N–H and O–H groups in total. The van der Waals surface area contributed by atoms with Crippen LogP contribution in [0, 0.1) is 5.92 Å². The molecule has 0 radical (unpaired) electrons. The van der Waals surface area contributed by atoms with Crippen LogP contribution < -0.4 is 0 Å². The molecule has 1 aliphatic carbocycles. The first-order chi connectivity index (χ1) is 9.10. The molecule has 1 aliphatic rings. The summed E-state index contributed by atoms with van der Waals surface area (Å²) in [4.78, 5) is 0. The van der Waals surface area contributed by atoms with E-state index in [0.29, 0.717) is 18.8 Å². The van der Waals surface area contributed by atoms with Gasteiger partial charge in [0.2, 0.25) is 0 Å². The normalized spacial score (nSPS) is 27.8. The Hall–Kier alpha value is -0.910. The van der Waals surface area contributed by atoms with Crippen molar-refractivity contribution in [3.63, 3.8) is 0 Å². The predicted octanol–water partition coefficient (Wildman–Crippen LogP) is 2.63. The molecule has 0 aliphatic heterocycles. The van der Waals surface area contributed by atoms with Crippen molar-refractivity contribution in [2.24, 2.45) is 5.92 Å². The van der Waals surface area contributed by atoms with Gasteiger partial charge in [0.1, 0.15) is 0 Å². The van der Waals surface area contributed by atoms with Gasteiger partial charge in [-0.1, -0.05) is 15.9 Å². The van der Waals surface area contributed by atoms with E-state index < -0.39 is 5.72 Å². The van der Waals surface area contributed by atoms with Gasteiger partial charge in [-0.05, 0) is 49.8 Å². The van der Waals surface area contributed by atoms with E-state index in [4.69, 9.17) is 5.11 Å². The lowest BCUT2D eigenvalue weighted by Gasteiger charge is -2.35. The zero-order valence-electron chi connectivity index (χ0n) is 10.6. The van der Waals surface area contributed by atoms with E-state index in [-0.39, 0.29) is 6.61 Å². The number of benzene rings is 1. The molecule has 1 aromatic carbocycles. The van der Waals surface area contributed by atoms with Gasteiger partial charge in [0, 0.05) is 22.7 Å². The molecule has 19 heavy (non-hydrogen) atoms. The summed E-state index contributed by atoms with van der Waals surface area (Å²) in [6.45, 7) is 0.212. The third kappa shape index (κ3) is 2.42. The highest BCUT2D eigenvalue weighted by molar-refractivity contribution is 9.10. The fourth-order valence-electron chi connectivity index (χ4n) is 2.76.